The number of pyridine rings is 1. The molecule has 0 aliphatic carbocycles. The molecule has 0 bridgehead atoms. The van der Waals surface area contributed by atoms with Gasteiger partial charge < -0.3 is 24.8 Å². The lowest BCUT2D eigenvalue weighted by atomic mass is 10.0. The second kappa shape index (κ2) is 13.2. The minimum atomic E-state index is -0.0433. The number of hydrogen-bond acceptors (Lipinski definition) is 5. The van der Waals surface area contributed by atoms with Crippen LogP contribution in [0.3, 0.4) is 0 Å². The van der Waals surface area contributed by atoms with E-state index in [0.29, 0.717) is 11.7 Å². The van der Waals surface area contributed by atoms with Gasteiger partial charge in [0.25, 0.3) is 5.56 Å². The summed E-state index contributed by atoms with van der Waals surface area (Å²) in [5.74, 6) is 0. The van der Waals surface area contributed by atoms with Crippen LogP contribution < -0.4 is 10.9 Å². The number of ether oxygens (including phenoxy) is 1. The molecule has 0 radical (unpaired) electrons. The van der Waals surface area contributed by atoms with Crippen molar-refractivity contribution in [3.63, 3.8) is 0 Å². The predicted octanol–water partition coefficient (Wildman–Crippen LogP) is 2.89. The molecule has 1 aromatic carbocycles. The molecule has 1 aromatic heterocycles. The number of aryl methyl sites for hydroxylation is 2. The molecular weight excluding hydrogens is 446 g/mol. The van der Waals surface area contributed by atoms with Gasteiger partial charge in [0, 0.05) is 49.2 Å². The van der Waals surface area contributed by atoms with Crippen molar-refractivity contribution < 1.29 is 4.74 Å². The number of nitrogens with zero attached hydrogens (tertiary/aromatic N) is 3. The quantitative estimate of drug-likeness (QED) is 0.373. The average Bonchev–Trinajstić information content (AvgIpc) is 2.82. The van der Waals surface area contributed by atoms with E-state index in [1.54, 1.807) is 0 Å². The van der Waals surface area contributed by atoms with Crippen molar-refractivity contribution in [2.45, 2.75) is 40.7 Å². The molecular formula is C26H41N5O2S. The molecule has 0 spiro atoms. The van der Waals surface area contributed by atoms with E-state index in [4.69, 9.17) is 17.0 Å². The standard InChI is InChI=1S/C26H41N5O2S/c1-5-29(6-2)9-7-8-27-26(34)31(11-10-30-12-14-33-15-13-30)19-22-18-23-21(4)16-20(3)17-24(23)28-25(22)32/h16-18H,5-15,19H2,1-4H3,(H,27,34)(H,28,32). The van der Waals surface area contributed by atoms with E-state index < -0.39 is 0 Å². The van der Waals surface area contributed by atoms with Gasteiger partial charge in [0.2, 0.25) is 0 Å². The Balaban J connectivity index is 1.71. The van der Waals surface area contributed by atoms with Crippen molar-refractivity contribution in [3.8, 4) is 0 Å². The molecule has 8 heteroatoms. The Kier molecular flexibility index (Phi) is 10.3. The van der Waals surface area contributed by atoms with Crippen molar-refractivity contribution in [2.75, 3.05) is 65.6 Å². The van der Waals surface area contributed by atoms with E-state index in [1.807, 2.05) is 12.1 Å². The Morgan fingerprint density at radius 1 is 1.15 bits per heavy atom. The van der Waals surface area contributed by atoms with Crippen LogP contribution >= 0.6 is 12.2 Å². The number of nitrogens with one attached hydrogen (secondary N) is 2. The van der Waals surface area contributed by atoms with Gasteiger partial charge in [0.15, 0.2) is 5.11 Å². The van der Waals surface area contributed by atoms with E-state index in [9.17, 15) is 4.79 Å². The Morgan fingerprint density at radius 3 is 2.59 bits per heavy atom. The summed E-state index contributed by atoms with van der Waals surface area (Å²) in [6, 6.07) is 6.22. The fourth-order valence-corrected chi connectivity index (χ4v) is 4.79. The first-order valence-corrected chi connectivity index (χ1v) is 13.0. The van der Waals surface area contributed by atoms with Gasteiger partial charge in [-0.25, -0.2) is 0 Å². The summed E-state index contributed by atoms with van der Waals surface area (Å²) in [5, 5.41) is 5.25. The zero-order chi connectivity index (χ0) is 24.5. The van der Waals surface area contributed by atoms with Crippen LogP contribution in [0.1, 0.15) is 37.0 Å². The summed E-state index contributed by atoms with van der Waals surface area (Å²) < 4.78 is 5.49. The molecule has 7 nitrogen and oxygen atoms in total. The highest BCUT2D eigenvalue weighted by atomic mass is 32.1. The Morgan fingerprint density at radius 2 is 1.88 bits per heavy atom. The maximum Gasteiger partial charge on any atom is 0.253 e. The molecule has 2 heterocycles. The predicted molar refractivity (Wildman–Crippen MR) is 145 cm³/mol. The molecule has 3 rings (SSSR count). The summed E-state index contributed by atoms with van der Waals surface area (Å²) in [7, 11) is 0. The second-order valence-corrected chi connectivity index (χ2v) is 9.54. The second-order valence-electron chi connectivity index (χ2n) is 9.15. The third kappa shape index (κ3) is 7.50. The molecule has 34 heavy (non-hydrogen) atoms. The maximum atomic E-state index is 12.9. The number of benzene rings is 1. The highest BCUT2D eigenvalue weighted by Crippen LogP contribution is 2.19. The first-order valence-electron chi connectivity index (χ1n) is 12.6. The monoisotopic (exact) mass is 487 g/mol. The topological polar surface area (TPSA) is 63.8 Å². The summed E-state index contributed by atoms with van der Waals surface area (Å²) in [5.41, 5.74) is 3.91. The van der Waals surface area contributed by atoms with Crippen LogP contribution in [-0.2, 0) is 11.3 Å². The summed E-state index contributed by atoms with van der Waals surface area (Å²) in [4.78, 5) is 23.0. The van der Waals surface area contributed by atoms with Gasteiger partial charge in [-0.05, 0) is 75.4 Å². The van der Waals surface area contributed by atoms with Gasteiger partial charge >= 0.3 is 0 Å². The van der Waals surface area contributed by atoms with Gasteiger partial charge in [-0.3, -0.25) is 9.69 Å². The SMILES string of the molecule is CCN(CC)CCCNC(=S)N(CCN1CCOCC1)Cc1cc2c(C)cc(C)cc2[nH]c1=O. The molecule has 2 N–H and O–H groups in total. The molecule has 0 saturated carbocycles. The lowest BCUT2D eigenvalue weighted by Gasteiger charge is -2.31. The maximum absolute atomic E-state index is 12.9. The summed E-state index contributed by atoms with van der Waals surface area (Å²) >= 11 is 5.81. The fourth-order valence-electron chi connectivity index (χ4n) is 4.53. The summed E-state index contributed by atoms with van der Waals surface area (Å²) in [6.45, 7) is 18.1. The summed E-state index contributed by atoms with van der Waals surface area (Å²) in [6.07, 6.45) is 1.04. The first kappa shape index (κ1) is 26.6. The van der Waals surface area contributed by atoms with E-state index in [0.717, 1.165) is 94.0 Å². The Labute approximate surface area is 209 Å². The van der Waals surface area contributed by atoms with E-state index in [2.05, 4.69) is 58.8 Å². The van der Waals surface area contributed by atoms with Crippen LogP contribution in [0.5, 0.6) is 0 Å². The number of aromatic nitrogens is 1. The van der Waals surface area contributed by atoms with Gasteiger partial charge in [-0.15, -0.1) is 0 Å². The normalized spacial score (nSPS) is 14.6. The highest BCUT2D eigenvalue weighted by molar-refractivity contribution is 7.80. The van der Waals surface area contributed by atoms with E-state index in [-0.39, 0.29) is 5.56 Å². The number of fused-ring (bicyclic) bond motifs is 1. The molecule has 1 aliphatic rings. The lowest BCUT2D eigenvalue weighted by Crippen LogP contribution is -2.46. The van der Waals surface area contributed by atoms with Gasteiger partial charge in [0.05, 0.1) is 19.8 Å². The zero-order valence-electron chi connectivity index (χ0n) is 21.3. The van der Waals surface area contributed by atoms with Crippen LogP contribution in [-0.4, -0.2) is 90.4 Å². The van der Waals surface area contributed by atoms with Gasteiger partial charge in [0.1, 0.15) is 0 Å². The van der Waals surface area contributed by atoms with Crippen LogP contribution in [0.4, 0.5) is 0 Å². The van der Waals surface area contributed by atoms with Gasteiger partial charge in [-0.1, -0.05) is 19.9 Å². The third-order valence-corrected chi connectivity index (χ3v) is 7.05. The Bertz CT molecular complexity index is 999. The fraction of sp³-hybridized carbons (Fsp3) is 0.615. The van der Waals surface area contributed by atoms with Crippen molar-refractivity contribution in [3.05, 3.63) is 45.2 Å². The highest BCUT2D eigenvalue weighted by Gasteiger charge is 2.17. The Hall–Kier alpha value is -2.00. The minimum absolute atomic E-state index is 0.0433. The lowest BCUT2D eigenvalue weighted by molar-refractivity contribution is 0.0357. The number of rotatable bonds is 11. The van der Waals surface area contributed by atoms with Gasteiger partial charge in [-0.2, -0.15) is 0 Å². The molecule has 0 amide bonds. The smallest absolute Gasteiger partial charge is 0.253 e. The molecule has 1 fully saturated rings. The number of aromatic amines is 1. The van der Waals surface area contributed by atoms with Crippen molar-refractivity contribution >= 4 is 28.2 Å². The molecule has 188 valence electrons. The number of hydrogen-bond donors (Lipinski definition) is 2. The molecule has 0 unspecified atom stereocenters. The van der Waals surface area contributed by atoms with Crippen molar-refractivity contribution in [2.24, 2.45) is 0 Å². The van der Waals surface area contributed by atoms with E-state index in [1.165, 1.54) is 5.56 Å². The van der Waals surface area contributed by atoms with E-state index >= 15 is 0 Å². The largest absolute Gasteiger partial charge is 0.379 e. The number of thiocarbonyl (C=S) groups is 1. The average molecular weight is 488 g/mol. The number of morpholine rings is 1. The third-order valence-electron chi connectivity index (χ3n) is 6.65. The zero-order valence-corrected chi connectivity index (χ0v) is 22.1. The van der Waals surface area contributed by atoms with Crippen LogP contribution in [0.25, 0.3) is 10.9 Å². The van der Waals surface area contributed by atoms with Crippen molar-refractivity contribution in [1.29, 1.82) is 0 Å². The number of H-pyrrole nitrogens is 1. The molecule has 1 aliphatic heterocycles. The molecule has 2 aromatic rings. The van der Waals surface area contributed by atoms with Crippen molar-refractivity contribution in [1.82, 2.24) is 25.0 Å². The van der Waals surface area contributed by atoms with Crippen LogP contribution in [0, 0.1) is 13.8 Å². The minimum Gasteiger partial charge on any atom is -0.379 e. The van der Waals surface area contributed by atoms with Crippen LogP contribution in [0.2, 0.25) is 0 Å². The van der Waals surface area contributed by atoms with Crippen LogP contribution in [0.15, 0.2) is 23.0 Å². The molecule has 1 saturated heterocycles. The first-order chi connectivity index (χ1) is 16.4. The molecule has 0 atom stereocenters.